The number of rotatable bonds is 0. The Kier molecular flexibility index (Phi) is 1.73. The molecule has 0 spiro atoms. The van der Waals surface area contributed by atoms with Gasteiger partial charge in [-0.05, 0) is 6.07 Å². The monoisotopic (exact) mass is 176 g/mol. The normalized spacial score (nSPS) is 10.4. The summed E-state index contributed by atoms with van der Waals surface area (Å²) in [4.78, 5) is 8.05. The van der Waals surface area contributed by atoms with Gasteiger partial charge in [0.15, 0.2) is 0 Å². The summed E-state index contributed by atoms with van der Waals surface area (Å²) in [7, 11) is 2.01. The molecule has 1 aromatic heterocycles. The Morgan fingerprint density at radius 1 is 1.25 bits per heavy atom. The molecule has 12 heavy (non-hydrogen) atoms. The molecule has 0 unspecified atom stereocenters. The minimum Gasteiger partial charge on any atom is -0.237 e. The van der Waals surface area contributed by atoms with Crippen molar-refractivity contribution in [3.8, 4) is 0 Å². The topological polar surface area (TPSA) is 25.8 Å². The third kappa shape index (κ3) is 1.06. The second-order valence-corrected chi connectivity index (χ2v) is 2.99. The molecule has 0 bridgehead atoms. The molecule has 0 saturated heterocycles. The van der Waals surface area contributed by atoms with Gasteiger partial charge in [0.25, 0.3) is 0 Å². The second-order valence-electron chi connectivity index (χ2n) is 2.64. The zero-order valence-corrected chi connectivity index (χ0v) is 7.34. The highest BCUT2D eigenvalue weighted by Gasteiger charge is 2.01. The Morgan fingerprint density at radius 2 is 2.08 bits per heavy atom. The number of halogens is 1. The Bertz CT molecular complexity index is 389. The molecule has 0 aliphatic rings. The maximum absolute atomic E-state index is 5.88. The second kappa shape index (κ2) is 2.75. The molecule has 0 aliphatic carbocycles. The van der Waals surface area contributed by atoms with Crippen molar-refractivity contribution in [3.63, 3.8) is 0 Å². The standard InChI is InChI=1S/C8H6BClN2/c9-6-3-1-2-5-7(6)11-4-12-8(5)10/h1-4H,9H2. The van der Waals surface area contributed by atoms with Crippen molar-refractivity contribution in [2.45, 2.75) is 0 Å². The molecule has 58 valence electrons. The van der Waals surface area contributed by atoms with E-state index in [1.165, 1.54) is 6.33 Å². The van der Waals surface area contributed by atoms with Crippen molar-refractivity contribution >= 4 is 35.8 Å². The summed E-state index contributed by atoms with van der Waals surface area (Å²) in [5.41, 5.74) is 2.05. The first-order chi connectivity index (χ1) is 5.79. The lowest BCUT2D eigenvalue weighted by molar-refractivity contribution is 1.23. The number of fused-ring (bicyclic) bond motifs is 1. The molecule has 0 amide bonds. The lowest BCUT2D eigenvalue weighted by Gasteiger charge is -2.00. The van der Waals surface area contributed by atoms with E-state index < -0.39 is 0 Å². The lowest BCUT2D eigenvalue weighted by Crippen LogP contribution is -2.05. The van der Waals surface area contributed by atoms with E-state index in [1.54, 1.807) is 0 Å². The number of para-hydroxylation sites is 1. The van der Waals surface area contributed by atoms with Crippen LogP contribution in [-0.4, -0.2) is 17.8 Å². The van der Waals surface area contributed by atoms with Gasteiger partial charge in [0.2, 0.25) is 0 Å². The van der Waals surface area contributed by atoms with E-state index in [-0.39, 0.29) is 0 Å². The summed E-state index contributed by atoms with van der Waals surface area (Å²) in [5.74, 6) is 0. The van der Waals surface area contributed by atoms with Gasteiger partial charge < -0.3 is 0 Å². The molecule has 0 N–H and O–H groups in total. The molecule has 0 atom stereocenters. The average molecular weight is 176 g/mol. The van der Waals surface area contributed by atoms with Crippen LogP contribution in [0.3, 0.4) is 0 Å². The third-order valence-corrected chi connectivity index (χ3v) is 2.12. The van der Waals surface area contributed by atoms with E-state index in [2.05, 4.69) is 9.97 Å². The minimum absolute atomic E-state index is 0.517. The van der Waals surface area contributed by atoms with E-state index in [1.807, 2.05) is 26.0 Å². The number of aromatic nitrogens is 2. The fraction of sp³-hybridized carbons (Fsp3) is 0. The van der Waals surface area contributed by atoms with E-state index in [4.69, 9.17) is 11.6 Å². The predicted octanol–water partition coefficient (Wildman–Crippen LogP) is 0.542. The molecule has 0 radical (unpaired) electrons. The van der Waals surface area contributed by atoms with Gasteiger partial charge in [0.05, 0.1) is 5.52 Å². The fourth-order valence-corrected chi connectivity index (χ4v) is 1.40. The molecular weight excluding hydrogens is 170 g/mol. The summed E-state index contributed by atoms with van der Waals surface area (Å²) >= 11 is 5.88. The highest BCUT2D eigenvalue weighted by molar-refractivity contribution is 6.40. The summed E-state index contributed by atoms with van der Waals surface area (Å²) in [6.45, 7) is 0. The van der Waals surface area contributed by atoms with Gasteiger partial charge in [0, 0.05) is 5.39 Å². The van der Waals surface area contributed by atoms with Crippen LogP contribution in [0.1, 0.15) is 0 Å². The Balaban J connectivity index is 2.94. The van der Waals surface area contributed by atoms with Gasteiger partial charge in [-0.3, -0.25) is 0 Å². The first-order valence-electron chi connectivity index (χ1n) is 3.65. The van der Waals surface area contributed by atoms with Crippen LogP contribution in [0.5, 0.6) is 0 Å². The van der Waals surface area contributed by atoms with E-state index >= 15 is 0 Å². The van der Waals surface area contributed by atoms with Crippen molar-refractivity contribution in [2.24, 2.45) is 0 Å². The van der Waals surface area contributed by atoms with Crippen molar-refractivity contribution in [1.29, 1.82) is 0 Å². The van der Waals surface area contributed by atoms with Crippen molar-refractivity contribution in [1.82, 2.24) is 9.97 Å². The van der Waals surface area contributed by atoms with Gasteiger partial charge in [-0.25, -0.2) is 9.97 Å². The van der Waals surface area contributed by atoms with E-state index in [0.717, 1.165) is 16.4 Å². The Morgan fingerprint density at radius 3 is 2.83 bits per heavy atom. The number of benzene rings is 1. The summed E-state index contributed by atoms with van der Waals surface area (Å²) in [6, 6.07) is 5.88. The van der Waals surface area contributed by atoms with Gasteiger partial charge in [-0.1, -0.05) is 29.2 Å². The van der Waals surface area contributed by atoms with Crippen molar-refractivity contribution < 1.29 is 0 Å². The SMILES string of the molecule is Bc1cccc2c(Cl)ncnc12. The summed E-state index contributed by atoms with van der Waals surface area (Å²) in [5, 5.41) is 1.43. The van der Waals surface area contributed by atoms with Crippen LogP contribution < -0.4 is 5.46 Å². The van der Waals surface area contributed by atoms with Gasteiger partial charge in [0.1, 0.15) is 19.3 Å². The van der Waals surface area contributed by atoms with Crippen LogP contribution in [0.15, 0.2) is 24.5 Å². The van der Waals surface area contributed by atoms with Crippen molar-refractivity contribution in [3.05, 3.63) is 29.7 Å². The molecule has 4 heteroatoms. The third-order valence-electron chi connectivity index (χ3n) is 1.82. The highest BCUT2D eigenvalue weighted by atomic mass is 35.5. The minimum atomic E-state index is 0.517. The molecule has 0 fully saturated rings. The number of hydrogen-bond donors (Lipinski definition) is 0. The van der Waals surface area contributed by atoms with Crippen LogP contribution in [0.2, 0.25) is 5.15 Å². The molecule has 2 aromatic rings. The average Bonchev–Trinajstić information content (AvgIpc) is 2.07. The lowest BCUT2D eigenvalue weighted by atomic mass is 9.94. The molecule has 0 aliphatic heterocycles. The van der Waals surface area contributed by atoms with Gasteiger partial charge in [-0.15, -0.1) is 0 Å². The Hall–Kier alpha value is -1.09. The van der Waals surface area contributed by atoms with Gasteiger partial charge in [-0.2, -0.15) is 0 Å². The van der Waals surface area contributed by atoms with Crippen LogP contribution in [0.25, 0.3) is 10.9 Å². The largest absolute Gasteiger partial charge is 0.237 e. The summed E-state index contributed by atoms with van der Waals surface area (Å²) in [6.07, 6.45) is 1.48. The van der Waals surface area contributed by atoms with Crippen LogP contribution >= 0.6 is 11.6 Å². The highest BCUT2D eigenvalue weighted by Crippen LogP contribution is 2.15. The molecule has 2 nitrogen and oxygen atoms in total. The first kappa shape index (κ1) is 7.56. The fourth-order valence-electron chi connectivity index (χ4n) is 1.20. The van der Waals surface area contributed by atoms with Crippen molar-refractivity contribution in [2.75, 3.05) is 0 Å². The smallest absolute Gasteiger partial charge is 0.142 e. The summed E-state index contributed by atoms with van der Waals surface area (Å²) < 4.78 is 0. The maximum atomic E-state index is 5.88. The molecule has 0 saturated carbocycles. The van der Waals surface area contributed by atoms with Crippen LogP contribution in [0.4, 0.5) is 0 Å². The predicted molar refractivity (Wildman–Crippen MR) is 52.7 cm³/mol. The molecule has 1 heterocycles. The van der Waals surface area contributed by atoms with Crippen LogP contribution in [-0.2, 0) is 0 Å². The zero-order chi connectivity index (χ0) is 8.55. The Labute approximate surface area is 76.0 Å². The maximum Gasteiger partial charge on any atom is 0.142 e. The van der Waals surface area contributed by atoms with Gasteiger partial charge >= 0.3 is 0 Å². The molecule has 2 rings (SSSR count). The van der Waals surface area contributed by atoms with E-state index in [0.29, 0.717) is 5.15 Å². The first-order valence-corrected chi connectivity index (χ1v) is 4.02. The van der Waals surface area contributed by atoms with Crippen LogP contribution in [0, 0.1) is 0 Å². The molecule has 1 aromatic carbocycles. The molecular formula is C8H6BClN2. The number of hydrogen-bond acceptors (Lipinski definition) is 2. The number of nitrogens with zero attached hydrogens (tertiary/aromatic N) is 2. The van der Waals surface area contributed by atoms with E-state index in [9.17, 15) is 0 Å². The zero-order valence-electron chi connectivity index (χ0n) is 6.58. The quantitative estimate of drug-likeness (QED) is 0.433.